The number of hydrogen-bond acceptors (Lipinski definition) is 3. The molecule has 0 aliphatic carbocycles. The van der Waals surface area contributed by atoms with Gasteiger partial charge in [-0.2, -0.15) is 0 Å². The standard InChI is InChI=1S/C11H15N3O3/c15-10(16)5-8-3-1-2-4-14(8)11(17)9-6-12-7-13-9/h6-8H,1-5H2,(H,12,13)(H,15,16). The van der Waals surface area contributed by atoms with E-state index in [1.165, 1.54) is 12.5 Å². The van der Waals surface area contributed by atoms with Crippen LogP contribution >= 0.6 is 0 Å². The molecule has 0 bridgehead atoms. The number of amides is 1. The lowest BCUT2D eigenvalue weighted by Gasteiger charge is -2.34. The number of likely N-dealkylation sites (tertiary alicyclic amines) is 1. The van der Waals surface area contributed by atoms with E-state index in [4.69, 9.17) is 5.11 Å². The molecule has 2 N–H and O–H groups in total. The highest BCUT2D eigenvalue weighted by Gasteiger charge is 2.29. The number of carboxylic acid groups (broad SMARTS) is 1. The van der Waals surface area contributed by atoms with Gasteiger partial charge < -0.3 is 15.0 Å². The highest BCUT2D eigenvalue weighted by molar-refractivity contribution is 5.92. The van der Waals surface area contributed by atoms with Gasteiger partial charge in [-0.1, -0.05) is 0 Å². The average Bonchev–Trinajstić information content (AvgIpc) is 2.81. The maximum Gasteiger partial charge on any atom is 0.305 e. The topological polar surface area (TPSA) is 86.3 Å². The molecule has 1 amide bonds. The van der Waals surface area contributed by atoms with Gasteiger partial charge in [0, 0.05) is 12.6 Å². The Morgan fingerprint density at radius 3 is 3.00 bits per heavy atom. The van der Waals surface area contributed by atoms with Crippen LogP contribution in [-0.4, -0.2) is 44.4 Å². The summed E-state index contributed by atoms with van der Waals surface area (Å²) in [5, 5.41) is 8.84. The molecule has 1 aromatic rings. The van der Waals surface area contributed by atoms with Crippen molar-refractivity contribution in [3.63, 3.8) is 0 Å². The Bertz CT molecular complexity index is 402. The third kappa shape index (κ3) is 2.64. The Balaban J connectivity index is 2.10. The van der Waals surface area contributed by atoms with Gasteiger partial charge in [0.05, 0.1) is 18.9 Å². The Hall–Kier alpha value is -1.85. The van der Waals surface area contributed by atoms with Crippen molar-refractivity contribution < 1.29 is 14.7 Å². The molecular weight excluding hydrogens is 222 g/mol. The van der Waals surface area contributed by atoms with E-state index in [-0.39, 0.29) is 18.4 Å². The minimum atomic E-state index is -0.862. The predicted molar refractivity (Wildman–Crippen MR) is 59.5 cm³/mol. The summed E-state index contributed by atoms with van der Waals surface area (Å²) in [5.74, 6) is -1.02. The summed E-state index contributed by atoms with van der Waals surface area (Å²) in [4.78, 5) is 31.1. The molecule has 1 saturated heterocycles. The Kier molecular flexibility index (Phi) is 3.41. The molecule has 17 heavy (non-hydrogen) atoms. The van der Waals surface area contributed by atoms with Gasteiger partial charge in [0.25, 0.3) is 5.91 Å². The van der Waals surface area contributed by atoms with Crippen LogP contribution in [0.2, 0.25) is 0 Å². The zero-order chi connectivity index (χ0) is 12.3. The molecule has 0 aromatic carbocycles. The Morgan fingerprint density at radius 2 is 2.35 bits per heavy atom. The number of carboxylic acids is 1. The van der Waals surface area contributed by atoms with Gasteiger partial charge in [-0.15, -0.1) is 0 Å². The fraction of sp³-hybridized carbons (Fsp3) is 0.545. The second-order valence-electron chi connectivity index (χ2n) is 4.21. The van der Waals surface area contributed by atoms with E-state index < -0.39 is 5.97 Å². The van der Waals surface area contributed by atoms with Crippen molar-refractivity contribution in [2.45, 2.75) is 31.7 Å². The lowest BCUT2D eigenvalue weighted by atomic mass is 9.99. The van der Waals surface area contributed by atoms with Crippen LogP contribution in [-0.2, 0) is 4.79 Å². The molecule has 0 spiro atoms. The number of aliphatic carboxylic acids is 1. The van der Waals surface area contributed by atoms with E-state index in [0.29, 0.717) is 12.2 Å². The second-order valence-corrected chi connectivity index (χ2v) is 4.21. The molecule has 2 heterocycles. The van der Waals surface area contributed by atoms with Gasteiger partial charge in [-0.05, 0) is 19.3 Å². The number of hydrogen-bond donors (Lipinski definition) is 2. The first-order chi connectivity index (χ1) is 8.18. The van der Waals surface area contributed by atoms with Crippen molar-refractivity contribution in [3.8, 4) is 0 Å². The number of imidazole rings is 1. The quantitative estimate of drug-likeness (QED) is 0.817. The number of rotatable bonds is 3. The van der Waals surface area contributed by atoms with Gasteiger partial charge >= 0.3 is 5.97 Å². The average molecular weight is 237 g/mol. The number of H-pyrrole nitrogens is 1. The van der Waals surface area contributed by atoms with Crippen molar-refractivity contribution in [3.05, 3.63) is 18.2 Å². The smallest absolute Gasteiger partial charge is 0.305 e. The molecule has 1 aliphatic rings. The first-order valence-corrected chi connectivity index (χ1v) is 5.69. The van der Waals surface area contributed by atoms with Gasteiger partial charge in [0.2, 0.25) is 0 Å². The fourth-order valence-corrected chi connectivity index (χ4v) is 2.21. The number of piperidine rings is 1. The van der Waals surface area contributed by atoms with Crippen molar-refractivity contribution in [2.75, 3.05) is 6.54 Å². The number of aromatic amines is 1. The molecule has 92 valence electrons. The molecule has 1 fully saturated rings. The highest BCUT2D eigenvalue weighted by atomic mass is 16.4. The number of nitrogens with one attached hydrogen (secondary N) is 1. The van der Waals surface area contributed by atoms with Crippen LogP contribution in [0.3, 0.4) is 0 Å². The zero-order valence-electron chi connectivity index (χ0n) is 9.43. The van der Waals surface area contributed by atoms with Crippen LogP contribution in [0.1, 0.15) is 36.2 Å². The maximum absolute atomic E-state index is 12.1. The molecule has 1 unspecified atom stereocenters. The van der Waals surface area contributed by atoms with E-state index in [1.54, 1.807) is 4.90 Å². The van der Waals surface area contributed by atoms with Gasteiger partial charge in [0.1, 0.15) is 5.69 Å². The minimum absolute atomic E-state index is 0.0138. The molecule has 0 radical (unpaired) electrons. The predicted octanol–water partition coefficient (Wildman–Crippen LogP) is 0.879. The first kappa shape index (κ1) is 11.6. The van der Waals surface area contributed by atoms with Crippen molar-refractivity contribution in [1.29, 1.82) is 0 Å². The lowest BCUT2D eigenvalue weighted by Crippen LogP contribution is -2.44. The van der Waals surface area contributed by atoms with Crippen LogP contribution in [0.15, 0.2) is 12.5 Å². The zero-order valence-corrected chi connectivity index (χ0v) is 9.43. The van der Waals surface area contributed by atoms with E-state index >= 15 is 0 Å². The van der Waals surface area contributed by atoms with Crippen LogP contribution in [0.5, 0.6) is 0 Å². The van der Waals surface area contributed by atoms with Crippen LogP contribution in [0, 0.1) is 0 Å². The highest BCUT2D eigenvalue weighted by Crippen LogP contribution is 2.21. The lowest BCUT2D eigenvalue weighted by molar-refractivity contribution is -0.138. The summed E-state index contributed by atoms with van der Waals surface area (Å²) in [6.45, 7) is 0.621. The largest absolute Gasteiger partial charge is 0.481 e. The molecule has 1 aromatic heterocycles. The SMILES string of the molecule is O=C(O)CC1CCCCN1C(=O)c1cnc[nH]1. The first-order valence-electron chi connectivity index (χ1n) is 5.69. The molecular formula is C11H15N3O3. The van der Waals surface area contributed by atoms with Crippen LogP contribution in [0.25, 0.3) is 0 Å². The Morgan fingerprint density at radius 1 is 1.53 bits per heavy atom. The number of nitrogens with zero attached hydrogens (tertiary/aromatic N) is 2. The third-order valence-corrected chi connectivity index (χ3v) is 3.03. The van der Waals surface area contributed by atoms with E-state index in [9.17, 15) is 9.59 Å². The van der Waals surface area contributed by atoms with Crippen LogP contribution < -0.4 is 0 Å². The van der Waals surface area contributed by atoms with Crippen LogP contribution in [0.4, 0.5) is 0 Å². The molecule has 6 heteroatoms. The second kappa shape index (κ2) is 4.99. The molecule has 6 nitrogen and oxygen atoms in total. The van der Waals surface area contributed by atoms with E-state index in [1.807, 2.05) is 0 Å². The van der Waals surface area contributed by atoms with Gasteiger partial charge in [-0.3, -0.25) is 9.59 Å². The maximum atomic E-state index is 12.1. The number of carbonyl (C=O) groups is 2. The minimum Gasteiger partial charge on any atom is -0.481 e. The summed E-state index contributed by atoms with van der Waals surface area (Å²) in [6.07, 6.45) is 5.59. The number of aromatic nitrogens is 2. The van der Waals surface area contributed by atoms with Crippen molar-refractivity contribution >= 4 is 11.9 Å². The summed E-state index contributed by atoms with van der Waals surface area (Å²) in [5.41, 5.74) is 0.419. The van der Waals surface area contributed by atoms with Gasteiger partial charge in [-0.25, -0.2) is 4.98 Å². The number of carbonyl (C=O) groups excluding carboxylic acids is 1. The summed E-state index contributed by atoms with van der Waals surface area (Å²) in [6, 6.07) is -0.197. The third-order valence-electron chi connectivity index (χ3n) is 3.03. The normalized spacial score (nSPS) is 20.2. The molecule has 2 rings (SSSR count). The summed E-state index contributed by atoms with van der Waals surface area (Å²) < 4.78 is 0. The van der Waals surface area contributed by atoms with E-state index in [2.05, 4.69) is 9.97 Å². The summed E-state index contributed by atoms with van der Waals surface area (Å²) in [7, 11) is 0. The van der Waals surface area contributed by atoms with Gasteiger partial charge in [0.15, 0.2) is 0 Å². The molecule has 1 aliphatic heterocycles. The molecule has 1 atom stereocenters. The monoisotopic (exact) mass is 237 g/mol. The van der Waals surface area contributed by atoms with E-state index in [0.717, 1.165) is 19.3 Å². The molecule has 0 saturated carbocycles. The fourth-order valence-electron chi connectivity index (χ4n) is 2.21. The van der Waals surface area contributed by atoms with Crippen molar-refractivity contribution in [1.82, 2.24) is 14.9 Å². The Labute approximate surface area is 98.7 Å². The summed E-state index contributed by atoms with van der Waals surface area (Å²) >= 11 is 0. The van der Waals surface area contributed by atoms with Crippen molar-refractivity contribution in [2.24, 2.45) is 0 Å².